The Morgan fingerprint density at radius 1 is 0.962 bits per heavy atom. The van der Waals surface area contributed by atoms with Crippen LogP contribution < -0.4 is 15.0 Å². The second-order valence-electron chi connectivity index (χ2n) is 5.83. The minimum absolute atomic E-state index is 0.0526. The number of methoxy groups -OCH3 is 1. The van der Waals surface area contributed by atoms with Crippen molar-refractivity contribution < 1.29 is 19.1 Å². The van der Waals surface area contributed by atoms with Gasteiger partial charge in [0, 0.05) is 24.7 Å². The maximum absolute atomic E-state index is 12.2. The Balaban J connectivity index is 1.98. The lowest BCUT2D eigenvalue weighted by molar-refractivity contribution is -0.123. The lowest BCUT2D eigenvalue weighted by atomic mass is 10.1. The van der Waals surface area contributed by atoms with E-state index in [9.17, 15) is 14.4 Å². The van der Waals surface area contributed by atoms with E-state index in [0.29, 0.717) is 17.8 Å². The van der Waals surface area contributed by atoms with Gasteiger partial charge < -0.3 is 15.0 Å². The van der Waals surface area contributed by atoms with E-state index in [-0.39, 0.29) is 24.1 Å². The van der Waals surface area contributed by atoms with Crippen LogP contribution in [0.3, 0.4) is 0 Å². The molecule has 0 aliphatic carbocycles. The van der Waals surface area contributed by atoms with Crippen LogP contribution >= 0.6 is 0 Å². The molecular formula is C20H22N2O4. The predicted molar refractivity (Wildman–Crippen MR) is 99.3 cm³/mol. The Hall–Kier alpha value is -3.15. The van der Waals surface area contributed by atoms with E-state index in [0.717, 1.165) is 11.3 Å². The second kappa shape index (κ2) is 8.80. The third-order valence-electron chi connectivity index (χ3n) is 3.92. The van der Waals surface area contributed by atoms with Crippen LogP contribution in [0, 0.1) is 0 Å². The number of nitrogens with one attached hydrogen (secondary N) is 1. The number of hydrogen-bond donors (Lipinski definition) is 1. The highest BCUT2D eigenvalue weighted by molar-refractivity contribution is 5.98. The summed E-state index contributed by atoms with van der Waals surface area (Å²) in [4.78, 5) is 36.8. The van der Waals surface area contributed by atoms with Gasteiger partial charge in [-0.25, -0.2) is 0 Å². The molecule has 6 heteroatoms. The Morgan fingerprint density at radius 3 is 2.08 bits per heavy atom. The third kappa shape index (κ3) is 5.17. The topological polar surface area (TPSA) is 75.7 Å². The number of rotatable bonds is 7. The number of hydrogen-bond acceptors (Lipinski definition) is 4. The van der Waals surface area contributed by atoms with Gasteiger partial charge in [-0.05, 0) is 48.9 Å². The first kappa shape index (κ1) is 19.2. The minimum atomic E-state index is -0.272. The van der Waals surface area contributed by atoms with Crippen molar-refractivity contribution in [1.82, 2.24) is 5.32 Å². The molecule has 0 unspecified atom stereocenters. The SMILES string of the molecule is COc1ccc(CNC(=O)CN(C(C)=O)c2ccc(C(C)=O)cc2)cc1. The minimum Gasteiger partial charge on any atom is -0.497 e. The number of benzene rings is 2. The maximum atomic E-state index is 12.2. The predicted octanol–water partition coefficient (Wildman–Crippen LogP) is 2.57. The molecule has 0 atom stereocenters. The Morgan fingerprint density at radius 2 is 1.58 bits per heavy atom. The molecule has 0 aromatic heterocycles. The third-order valence-corrected chi connectivity index (χ3v) is 3.92. The molecule has 0 aliphatic rings. The molecule has 2 rings (SSSR count). The number of nitrogens with zero attached hydrogens (tertiary/aromatic N) is 1. The highest BCUT2D eigenvalue weighted by Crippen LogP contribution is 2.16. The highest BCUT2D eigenvalue weighted by Gasteiger charge is 2.16. The number of anilines is 1. The molecule has 0 heterocycles. The van der Waals surface area contributed by atoms with E-state index in [2.05, 4.69) is 5.32 Å². The zero-order valence-corrected chi connectivity index (χ0v) is 15.1. The van der Waals surface area contributed by atoms with Gasteiger partial charge in [-0.3, -0.25) is 14.4 Å². The van der Waals surface area contributed by atoms with E-state index in [1.54, 1.807) is 31.4 Å². The largest absolute Gasteiger partial charge is 0.497 e. The van der Waals surface area contributed by atoms with Crippen molar-refractivity contribution >= 4 is 23.3 Å². The average molecular weight is 354 g/mol. The van der Waals surface area contributed by atoms with Crippen molar-refractivity contribution in [1.29, 1.82) is 0 Å². The summed E-state index contributed by atoms with van der Waals surface area (Å²) < 4.78 is 5.09. The molecule has 0 saturated heterocycles. The number of carbonyl (C=O) groups is 3. The Labute approximate surface area is 152 Å². The second-order valence-corrected chi connectivity index (χ2v) is 5.83. The number of amides is 2. The van der Waals surface area contributed by atoms with E-state index in [1.807, 2.05) is 24.3 Å². The lowest BCUT2D eigenvalue weighted by Gasteiger charge is -2.21. The van der Waals surface area contributed by atoms with E-state index in [1.165, 1.54) is 18.7 Å². The van der Waals surface area contributed by atoms with E-state index in [4.69, 9.17) is 4.74 Å². The van der Waals surface area contributed by atoms with Crippen LogP contribution in [-0.4, -0.2) is 31.3 Å². The summed E-state index contributed by atoms with van der Waals surface area (Å²) in [5.74, 6) is 0.173. The fraction of sp³-hybridized carbons (Fsp3) is 0.250. The summed E-state index contributed by atoms with van der Waals surface area (Å²) in [6, 6.07) is 14.0. The summed E-state index contributed by atoms with van der Waals surface area (Å²) >= 11 is 0. The summed E-state index contributed by atoms with van der Waals surface area (Å²) in [6.45, 7) is 3.14. The normalized spacial score (nSPS) is 10.1. The molecule has 0 bridgehead atoms. The van der Waals surface area contributed by atoms with Gasteiger partial charge >= 0.3 is 0 Å². The molecule has 6 nitrogen and oxygen atoms in total. The monoisotopic (exact) mass is 354 g/mol. The molecule has 0 spiro atoms. The molecule has 0 saturated carbocycles. The molecule has 1 N–H and O–H groups in total. The average Bonchev–Trinajstić information content (AvgIpc) is 2.64. The molecule has 0 aliphatic heterocycles. The zero-order chi connectivity index (χ0) is 19.1. The molecule has 136 valence electrons. The number of ether oxygens (including phenoxy) is 1. The fourth-order valence-corrected chi connectivity index (χ4v) is 2.40. The number of Topliss-reactive ketones (excluding diaryl/α,β-unsaturated/α-hetero) is 1. The van der Waals surface area contributed by atoms with Gasteiger partial charge in [-0.1, -0.05) is 12.1 Å². The first-order chi connectivity index (χ1) is 12.4. The summed E-state index contributed by atoms with van der Waals surface area (Å²) in [5.41, 5.74) is 2.06. The van der Waals surface area contributed by atoms with Crippen molar-refractivity contribution in [2.24, 2.45) is 0 Å². The standard InChI is InChI=1S/C20H22N2O4/c1-14(23)17-6-8-18(9-7-17)22(15(2)24)13-20(25)21-12-16-4-10-19(26-3)11-5-16/h4-11H,12-13H2,1-3H3,(H,21,25). The van der Waals surface area contributed by atoms with Gasteiger partial charge in [0.1, 0.15) is 12.3 Å². The number of ketones is 1. The molecule has 26 heavy (non-hydrogen) atoms. The molecule has 2 aromatic carbocycles. The van der Waals surface area contributed by atoms with Crippen molar-refractivity contribution in [2.75, 3.05) is 18.6 Å². The first-order valence-corrected chi connectivity index (χ1v) is 8.19. The van der Waals surface area contributed by atoms with Crippen LogP contribution in [0.25, 0.3) is 0 Å². The molecule has 2 aromatic rings. The Kier molecular flexibility index (Phi) is 6.49. The van der Waals surface area contributed by atoms with Gasteiger partial charge in [0.25, 0.3) is 0 Å². The van der Waals surface area contributed by atoms with E-state index >= 15 is 0 Å². The summed E-state index contributed by atoms with van der Waals surface area (Å²) in [5, 5.41) is 2.79. The van der Waals surface area contributed by atoms with Crippen molar-refractivity contribution in [3.05, 3.63) is 59.7 Å². The van der Waals surface area contributed by atoms with Crippen LogP contribution in [0.2, 0.25) is 0 Å². The van der Waals surface area contributed by atoms with Crippen LogP contribution in [0.1, 0.15) is 29.8 Å². The molecular weight excluding hydrogens is 332 g/mol. The molecule has 0 fully saturated rings. The highest BCUT2D eigenvalue weighted by atomic mass is 16.5. The van der Waals surface area contributed by atoms with Gasteiger partial charge in [0.05, 0.1) is 7.11 Å². The summed E-state index contributed by atoms with van der Waals surface area (Å²) in [6.07, 6.45) is 0. The van der Waals surface area contributed by atoms with Crippen molar-refractivity contribution in [3.63, 3.8) is 0 Å². The van der Waals surface area contributed by atoms with Gasteiger partial charge in [-0.2, -0.15) is 0 Å². The summed E-state index contributed by atoms with van der Waals surface area (Å²) in [7, 11) is 1.59. The van der Waals surface area contributed by atoms with Gasteiger partial charge in [-0.15, -0.1) is 0 Å². The number of carbonyl (C=O) groups excluding carboxylic acids is 3. The van der Waals surface area contributed by atoms with Crippen LogP contribution in [0.15, 0.2) is 48.5 Å². The van der Waals surface area contributed by atoms with Crippen LogP contribution in [0.5, 0.6) is 5.75 Å². The maximum Gasteiger partial charge on any atom is 0.240 e. The van der Waals surface area contributed by atoms with Gasteiger partial charge in [0.2, 0.25) is 11.8 Å². The van der Waals surface area contributed by atoms with Crippen molar-refractivity contribution in [2.45, 2.75) is 20.4 Å². The lowest BCUT2D eigenvalue weighted by Crippen LogP contribution is -2.39. The molecule has 2 amide bonds. The van der Waals surface area contributed by atoms with Crippen molar-refractivity contribution in [3.8, 4) is 5.75 Å². The quantitative estimate of drug-likeness (QED) is 0.776. The zero-order valence-electron chi connectivity index (χ0n) is 15.1. The van der Waals surface area contributed by atoms with E-state index < -0.39 is 0 Å². The fourth-order valence-electron chi connectivity index (χ4n) is 2.40. The van der Waals surface area contributed by atoms with Crippen LogP contribution in [-0.2, 0) is 16.1 Å². The molecule has 0 radical (unpaired) electrons. The van der Waals surface area contributed by atoms with Gasteiger partial charge in [0.15, 0.2) is 5.78 Å². The van der Waals surface area contributed by atoms with Crippen LogP contribution in [0.4, 0.5) is 5.69 Å². The first-order valence-electron chi connectivity index (χ1n) is 8.19. The Bertz CT molecular complexity index is 782. The smallest absolute Gasteiger partial charge is 0.240 e.